The SMILES string of the molecule is Cc1cccnc1Nc1ccc([C@@H]2CCCN2S(=O)(=O)c2c(C)noc2C)nc1. The highest BCUT2D eigenvalue weighted by Gasteiger charge is 2.39. The Morgan fingerprint density at radius 3 is 2.66 bits per heavy atom. The van der Waals surface area contributed by atoms with Crippen LogP contribution in [-0.4, -0.2) is 34.4 Å². The number of anilines is 2. The van der Waals surface area contributed by atoms with Crippen LogP contribution in [0.1, 0.15) is 41.6 Å². The average molecular weight is 414 g/mol. The lowest BCUT2D eigenvalue weighted by Crippen LogP contribution is -2.31. The van der Waals surface area contributed by atoms with E-state index in [0.717, 1.165) is 35.6 Å². The van der Waals surface area contributed by atoms with Gasteiger partial charge in [0.05, 0.1) is 23.6 Å². The minimum absolute atomic E-state index is 0.160. The zero-order valence-corrected chi connectivity index (χ0v) is 17.4. The zero-order valence-electron chi connectivity index (χ0n) is 16.6. The number of hydrogen-bond donors (Lipinski definition) is 1. The molecule has 3 aromatic heterocycles. The molecule has 0 aliphatic carbocycles. The van der Waals surface area contributed by atoms with Crippen molar-refractivity contribution in [2.45, 2.75) is 44.6 Å². The van der Waals surface area contributed by atoms with E-state index in [1.165, 1.54) is 4.31 Å². The van der Waals surface area contributed by atoms with E-state index in [9.17, 15) is 8.42 Å². The Morgan fingerprint density at radius 2 is 2.00 bits per heavy atom. The molecule has 8 nitrogen and oxygen atoms in total. The van der Waals surface area contributed by atoms with Crippen molar-refractivity contribution < 1.29 is 12.9 Å². The molecule has 1 aliphatic heterocycles. The molecule has 1 saturated heterocycles. The molecule has 1 N–H and O–H groups in total. The predicted molar refractivity (Wildman–Crippen MR) is 108 cm³/mol. The summed E-state index contributed by atoms with van der Waals surface area (Å²) in [5.74, 6) is 1.08. The molecule has 4 heterocycles. The molecule has 1 aliphatic rings. The first-order valence-electron chi connectivity index (χ1n) is 9.47. The van der Waals surface area contributed by atoms with Gasteiger partial charge in [0.15, 0.2) is 5.76 Å². The average Bonchev–Trinajstić information content (AvgIpc) is 3.32. The van der Waals surface area contributed by atoms with Crippen molar-refractivity contribution in [2.24, 2.45) is 0 Å². The van der Waals surface area contributed by atoms with E-state index in [4.69, 9.17) is 4.52 Å². The van der Waals surface area contributed by atoms with Gasteiger partial charge in [-0.25, -0.2) is 13.4 Å². The molecule has 0 amide bonds. The van der Waals surface area contributed by atoms with Gasteiger partial charge in [0.2, 0.25) is 10.0 Å². The standard InChI is InChI=1S/C20H23N5O3S/c1-13-6-4-10-21-20(13)23-16-8-9-17(22-12-16)18-7-5-11-25(18)29(26,27)19-14(2)24-28-15(19)3/h4,6,8-10,12,18H,5,7,11H2,1-3H3,(H,21,23)/t18-/m0/s1. The molecule has 0 radical (unpaired) electrons. The first kappa shape index (κ1) is 19.5. The highest BCUT2D eigenvalue weighted by Crippen LogP contribution is 2.37. The van der Waals surface area contributed by atoms with E-state index in [-0.39, 0.29) is 10.9 Å². The minimum atomic E-state index is -3.71. The molecule has 0 saturated carbocycles. The van der Waals surface area contributed by atoms with Crippen molar-refractivity contribution in [2.75, 3.05) is 11.9 Å². The topological polar surface area (TPSA) is 101 Å². The van der Waals surface area contributed by atoms with Crippen LogP contribution in [-0.2, 0) is 10.0 Å². The maximum Gasteiger partial charge on any atom is 0.249 e. The Balaban J connectivity index is 1.59. The van der Waals surface area contributed by atoms with E-state index >= 15 is 0 Å². The fraction of sp³-hybridized carbons (Fsp3) is 0.350. The third kappa shape index (κ3) is 3.63. The smallest absolute Gasteiger partial charge is 0.249 e. The van der Waals surface area contributed by atoms with Crippen molar-refractivity contribution in [3.8, 4) is 0 Å². The maximum absolute atomic E-state index is 13.2. The Bertz CT molecular complexity index is 1110. The molecular formula is C20H23N5O3S. The monoisotopic (exact) mass is 413 g/mol. The summed E-state index contributed by atoms with van der Waals surface area (Å²) in [6.07, 6.45) is 4.94. The van der Waals surface area contributed by atoms with E-state index in [0.29, 0.717) is 18.0 Å². The van der Waals surface area contributed by atoms with Crippen LogP contribution in [0.3, 0.4) is 0 Å². The first-order valence-corrected chi connectivity index (χ1v) is 10.9. The number of nitrogens with zero attached hydrogens (tertiary/aromatic N) is 4. The van der Waals surface area contributed by atoms with Gasteiger partial charge in [0.25, 0.3) is 0 Å². The summed E-state index contributed by atoms with van der Waals surface area (Å²) in [7, 11) is -3.71. The summed E-state index contributed by atoms with van der Waals surface area (Å²) < 4.78 is 33.1. The quantitative estimate of drug-likeness (QED) is 0.681. The third-order valence-corrected chi connectivity index (χ3v) is 7.29. The summed E-state index contributed by atoms with van der Waals surface area (Å²) >= 11 is 0. The number of hydrogen-bond acceptors (Lipinski definition) is 7. The molecule has 0 spiro atoms. The highest BCUT2D eigenvalue weighted by atomic mass is 32.2. The molecule has 3 aromatic rings. The van der Waals surface area contributed by atoms with E-state index in [1.807, 2.05) is 31.2 Å². The van der Waals surface area contributed by atoms with E-state index in [2.05, 4.69) is 20.4 Å². The molecule has 1 fully saturated rings. The molecule has 1 atom stereocenters. The van der Waals surface area contributed by atoms with Crippen LogP contribution in [0.2, 0.25) is 0 Å². The Hall–Kier alpha value is -2.78. The van der Waals surface area contributed by atoms with Crippen LogP contribution in [0.4, 0.5) is 11.5 Å². The van der Waals surface area contributed by atoms with Gasteiger partial charge in [-0.2, -0.15) is 4.31 Å². The van der Waals surface area contributed by atoms with Crippen LogP contribution in [0.25, 0.3) is 0 Å². The zero-order chi connectivity index (χ0) is 20.6. The molecule has 29 heavy (non-hydrogen) atoms. The van der Waals surface area contributed by atoms with E-state index < -0.39 is 10.0 Å². The summed E-state index contributed by atoms with van der Waals surface area (Å²) in [5.41, 5.74) is 2.94. The van der Waals surface area contributed by atoms with Crippen molar-refractivity contribution in [3.05, 3.63) is 59.4 Å². The number of aromatic nitrogens is 3. The van der Waals surface area contributed by atoms with Gasteiger partial charge in [-0.05, 0) is 57.4 Å². The van der Waals surface area contributed by atoms with Gasteiger partial charge in [-0.15, -0.1) is 0 Å². The predicted octanol–water partition coefficient (Wildman–Crippen LogP) is 3.66. The lowest BCUT2D eigenvalue weighted by Gasteiger charge is -2.23. The Labute approximate surface area is 170 Å². The molecular weight excluding hydrogens is 390 g/mol. The van der Waals surface area contributed by atoms with Gasteiger partial charge >= 0.3 is 0 Å². The number of sulfonamides is 1. The first-order chi connectivity index (χ1) is 13.9. The molecule has 9 heteroatoms. The molecule has 4 rings (SSSR count). The second-order valence-corrected chi connectivity index (χ2v) is 9.02. The van der Waals surface area contributed by atoms with Gasteiger partial charge in [0, 0.05) is 12.7 Å². The number of pyridine rings is 2. The Kier molecular flexibility index (Phi) is 5.10. The van der Waals surface area contributed by atoms with Crippen molar-refractivity contribution in [3.63, 3.8) is 0 Å². The third-order valence-electron chi connectivity index (χ3n) is 5.14. The maximum atomic E-state index is 13.2. The van der Waals surface area contributed by atoms with Crippen LogP contribution >= 0.6 is 0 Å². The largest absolute Gasteiger partial charge is 0.360 e. The molecule has 0 aromatic carbocycles. The number of rotatable bonds is 5. The normalized spacial score (nSPS) is 17.6. The van der Waals surface area contributed by atoms with Gasteiger partial charge < -0.3 is 9.84 Å². The van der Waals surface area contributed by atoms with Crippen molar-refractivity contribution in [1.82, 2.24) is 19.4 Å². The van der Waals surface area contributed by atoms with Crippen molar-refractivity contribution in [1.29, 1.82) is 0 Å². The molecule has 0 unspecified atom stereocenters. The summed E-state index contributed by atoms with van der Waals surface area (Å²) in [6, 6.07) is 7.32. The molecule has 0 bridgehead atoms. The van der Waals surface area contributed by atoms with Gasteiger partial charge in [-0.3, -0.25) is 4.98 Å². The lowest BCUT2D eigenvalue weighted by atomic mass is 10.1. The van der Waals surface area contributed by atoms with Gasteiger partial charge in [0.1, 0.15) is 16.4 Å². The second kappa shape index (κ2) is 7.57. The lowest BCUT2D eigenvalue weighted by molar-refractivity contribution is 0.381. The minimum Gasteiger partial charge on any atom is -0.360 e. The molecule has 152 valence electrons. The van der Waals surface area contributed by atoms with Crippen LogP contribution in [0.5, 0.6) is 0 Å². The summed E-state index contributed by atoms with van der Waals surface area (Å²) in [4.78, 5) is 9.02. The number of nitrogens with one attached hydrogen (secondary N) is 1. The van der Waals surface area contributed by atoms with Crippen LogP contribution in [0, 0.1) is 20.8 Å². The second-order valence-electron chi connectivity index (χ2n) is 7.19. The Morgan fingerprint density at radius 1 is 1.17 bits per heavy atom. The summed E-state index contributed by atoms with van der Waals surface area (Å²) in [5, 5.41) is 7.04. The van der Waals surface area contributed by atoms with Crippen LogP contribution in [0.15, 0.2) is 46.1 Å². The summed E-state index contributed by atoms with van der Waals surface area (Å²) in [6.45, 7) is 5.70. The van der Waals surface area contributed by atoms with Crippen molar-refractivity contribution >= 4 is 21.5 Å². The van der Waals surface area contributed by atoms with Gasteiger partial charge in [-0.1, -0.05) is 11.2 Å². The van der Waals surface area contributed by atoms with Crippen LogP contribution < -0.4 is 5.32 Å². The van der Waals surface area contributed by atoms with E-state index in [1.54, 1.807) is 26.2 Å². The number of aryl methyl sites for hydroxylation is 3. The highest BCUT2D eigenvalue weighted by molar-refractivity contribution is 7.89. The fourth-order valence-electron chi connectivity index (χ4n) is 3.71. The fourth-order valence-corrected chi connectivity index (χ4v) is 5.68.